The highest BCUT2D eigenvalue weighted by Gasteiger charge is 2.26. The molecule has 0 saturated carbocycles. The summed E-state index contributed by atoms with van der Waals surface area (Å²) in [6.07, 6.45) is 0. The van der Waals surface area contributed by atoms with Crippen LogP contribution in [0.25, 0.3) is 0 Å². The van der Waals surface area contributed by atoms with Crippen molar-refractivity contribution < 1.29 is 23.2 Å². The first-order valence-electron chi connectivity index (χ1n) is 12.9. The highest BCUT2D eigenvalue weighted by molar-refractivity contribution is 6.07. The van der Waals surface area contributed by atoms with Gasteiger partial charge in [0.15, 0.2) is 0 Å². The van der Waals surface area contributed by atoms with Crippen molar-refractivity contribution in [3.63, 3.8) is 0 Å². The lowest BCUT2D eigenvalue weighted by molar-refractivity contribution is 0.0731. The van der Waals surface area contributed by atoms with Gasteiger partial charge >= 0.3 is 0 Å². The summed E-state index contributed by atoms with van der Waals surface area (Å²) in [6, 6.07) is 16.9. The van der Waals surface area contributed by atoms with Gasteiger partial charge in [-0.15, -0.1) is 0 Å². The molecule has 0 bridgehead atoms. The number of amides is 3. The van der Waals surface area contributed by atoms with Gasteiger partial charge in [0, 0.05) is 75.1 Å². The monoisotopic (exact) mass is 533 g/mol. The van der Waals surface area contributed by atoms with Crippen LogP contribution in [0.5, 0.6) is 0 Å². The van der Waals surface area contributed by atoms with Gasteiger partial charge in [-0.05, 0) is 42.5 Å². The first-order valence-corrected chi connectivity index (χ1v) is 12.9. The number of carbonyl (C=O) groups excluding carboxylic acids is 3. The average Bonchev–Trinajstić information content (AvgIpc) is 2.97. The molecule has 0 aliphatic carbocycles. The highest BCUT2D eigenvalue weighted by Crippen LogP contribution is 2.30. The van der Waals surface area contributed by atoms with Crippen molar-refractivity contribution in [3.05, 3.63) is 95.1 Å². The molecule has 3 aromatic carbocycles. The second-order valence-corrected chi connectivity index (χ2v) is 9.53. The van der Waals surface area contributed by atoms with Crippen molar-refractivity contribution in [1.29, 1.82) is 0 Å². The SMILES string of the molecule is O=C(Nc1cc(C(=O)N2CCNCC2)ccc1N1CCN(C(=O)c2cc(F)cc(F)c2)CC1)c1ccccc1. The van der Waals surface area contributed by atoms with Gasteiger partial charge < -0.3 is 25.3 Å². The third-order valence-electron chi connectivity index (χ3n) is 6.95. The number of nitrogens with zero attached hydrogens (tertiary/aromatic N) is 3. The quantitative estimate of drug-likeness (QED) is 0.526. The molecule has 39 heavy (non-hydrogen) atoms. The van der Waals surface area contributed by atoms with Gasteiger partial charge in [0.1, 0.15) is 11.6 Å². The molecule has 8 nitrogen and oxygen atoms in total. The summed E-state index contributed by atoms with van der Waals surface area (Å²) in [7, 11) is 0. The molecule has 0 spiro atoms. The lowest BCUT2D eigenvalue weighted by atomic mass is 10.1. The molecule has 2 saturated heterocycles. The number of halogens is 2. The van der Waals surface area contributed by atoms with E-state index in [9.17, 15) is 23.2 Å². The molecule has 2 fully saturated rings. The van der Waals surface area contributed by atoms with Crippen molar-refractivity contribution in [2.45, 2.75) is 0 Å². The number of nitrogens with one attached hydrogen (secondary N) is 2. The maximum absolute atomic E-state index is 13.6. The topological polar surface area (TPSA) is 85.0 Å². The zero-order valence-electron chi connectivity index (χ0n) is 21.3. The highest BCUT2D eigenvalue weighted by atomic mass is 19.1. The lowest BCUT2D eigenvalue weighted by Gasteiger charge is -2.37. The van der Waals surface area contributed by atoms with Crippen molar-refractivity contribution in [3.8, 4) is 0 Å². The molecule has 5 rings (SSSR count). The number of hydrogen-bond acceptors (Lipinski definition) is 5. The van der Waals surface area contributed by atoms with Crippen LogP contribution in [0, 0.1) is 11.6 Å². The second-order valence-electron chi connectivity index (χ2n) is 9.53. The number of carbonyl (C=O) groups is 3. The van der Waals surface area contributed by atoms with Crippen LogP contribution in [0.4, 0.5) is 20.2 Å². The molecular weight excluding hydrogens is 504 g/mol. The van der Waals surface area contributed by atoms with Crippen molar-refractivity contribution in [2.75, 3.05) is 62.6 Å². The molecule has 3 aromatic rings. The van der Waals surface area contributed by atoms with Gasteiger partial charge in [-0.25, -0.2) is 8.78 Å². The standard InChI is InChI=1S/C29H29F2N5O3/c30-23-16-22(17-24(31)19-23)29(39)36-14-12-34(13-15-36)26-7-6-21(28(38)35-10-8-32-9-11-35)18-25(26)33-27(37)20-4-2-1-3-5-20/h1-7,16-19,32H,8-15H2,(H,33,37). The maximum Gasteiger partial charge on any atom is 0.255 e. The Labute approximate surface area is 225 Å². The molecular formula is C29H29F2N5O3. The van der Waals surface area contributed by atoms with Crippen LogP contribution in [-0.4, -0.2) is 79.9 Å². The minimum absolute atomic E-state index is 0.0347. The Morgan fingerprint density at radius 2 is 1.28 bits per heavy atom. The summed E-state index contributed by atoms with van der Waals surface area (Å²) in [5.41, 5.74) is 2.15. The normalized spacial score (nSPS) is 15.7. The van der Waals surface area contributed by atoms with Gasteiger partial charge in [0.2, 0.25) is 0 Å². The zero-order valence-corrected chi connectivity index (χ0v) is 21.3. The van der Waals surface area contributed by atoms with Gasteiger partial charge in [0.25, 0.3) is 17.7 Å². The van der Waals surface area contributed by atoms with E-state index in [0.717, 1.165) is 37.0 Å². The molecule has 3 amide bonds. The van der Waals surface area contributed by atoms with E-state index in [1.165, 1.54) is 0 Å². The molecule has 10 heteroatoms. The van der Waals surface area contributed by atoms with Crippen molar-refractivity contribution in [1.82, 2.24) is 15.1 Å². The smallest absolute Gasteiger partial charge is 0.255 e. The number of anilines is 2. The predicted molar refractivity (Wildman–Crippen MR) is 144 cm³/mol. The summed E-state index contributed by atoms with van der Waals surface area (Å²) >= 11 is 0. The van der Waals surface area contributed by atoms with Gasteiger partial charge in [-0.1, -0.05) is 18.2 Å². The predicted octanol–water partition coefficient (Wildman–Crippen LogP) is 3.22. The zero-order chi connectivity index (χ0) is 27.4. The Morgan fingerprint density at radius 3 is 1.95 bits per heavy atom. The van der Waals surface area contributed by atoms with E-state index in [-0.39, 0.29) is 17.4 Å². The molecule has 2 N–H and O–H groups in total. The summed E-state index contributed by atoms with van der Waals surface area (Å²) in [5, 5.41) is 6.20. The van der Waals surface area contributed by atoms with Gasteiger partial charge in [-0.2, -0.15) is 0 Å². The minimum atomic E-state index is -0.800. The number of benzene rings is 3. The Kier molecular flexibility index (Phi) is 7.83. The van der Waals surface area contributed by atoms with Crippen LogP contribution in [0.3, 0.4) is 0 Å². The Bertz CT molecular complexity index is 1350. The number of piperazine rings is 2. The summed E-state index contributed by atoms with van der Waals surface area (Å²) in [5.74, 6) is -2.44. The minimum Gasteiger partial charge on any atom is -0.366 e. The molecule has 0 atom stereocenters. The first-order chi connectivity index (χ1) is 18.9. The number of hydrogen-bond donors (Lipinski definition) is 2. The molecule has 0 aromatic heterocycles. The van der Waals surface area contributed by atoms with Gasteiger partial charge in [0.05, 0.1) is 11.4 Å². The fraction of sp³-hybridized carbons (Fsp3) is 0.276. The fourth-order valence-electron chi connectivity index (χ4n) is 4.89. The Hall–Kier alpha value is -4.31. The van der Waals surface area contributed by atoms with Crippen LogP contribution >= 0.6 is 0 Å². The van der Waals surface area contributed by atoms with Crippen molar-refractivity contribution >= 4 is 29.1 Å². The van der Waals surface area contributed by atoms with E-state index < -0.39 is 17.5 Å². The van der Waals surface area contributed by atoms with E-state index in [0.29, 0.717) is 56.1 Å². The summed E-state index contributed by atoms with van der Waals surface area (Å²) < 4.78 is 27.3. The maximum atomic E-state index is 13.6. The molecule has 0 unspecified atom stereocenters. The average molecular weight is 534 g/mol. The third kappa shape index (κ3) is 6.06. The van der Waals surface area contributed by atoms with Crippen LogP contribution < -0.4 is 15.5 Å². The van der Waals surface area contributed by atoms with Crippen LogP contribution in [0.2, 0.25) is 0 Å². The fourth-order valence-corrected chi connectivity index (χ4v) is 4.89. The number of rotatable bonds is 5. The Balaban J connectivity index is 1.36. The van der Waals surface area contributed by atoms with Crippen molar-refractivity contribution in [2.24, 2.45) is 0 Å². The Morgan fingerprint density at radius 1 is 0.667 bits per heavy atom. The van der Waals surface area contributed by atoms with Crippen LogP contribution in [0.1, 0.15) is 31.1 Å². The largest absolute Gasteiger partial charge is 0.366 e. The molecule has 0 radical (unpaired) electrons. The van der Waals surface area contributed by atoms with Gasteiger partial charge in [-0.3, -0.25) is 14.4 Å². The second kappa shape index (κ2) is 11.6. The van der Waals surface area contributed by atoms with Crippen LogP contribution in [0.15, 0.2) is 66.7 Å². The van der Waals surface area contributed by atoms with Crippen LogP contribution in [-0.2, 0) is 0 Å². The van der Waals surface area contributed by atoms with E-state index in [2.05, 4.69) is 10.6 Å². The molecule has 2 heterocycles. The third-order valence-corrected chi connectivity index (χ3v) is 6.95. The van der Waals surface area contributed by atoms with E-state index in [1.807, 2.05) is 17.0 Å². The molecule has 2 aliphatic rings. The van der Waals surface area contributed by atoms with E-state index in [1.54, 1.807) is 46.2 Å². The molecule has 2 aliphatic heterocycles. The first kappa shape index (κ1) is 26.3. The summed E-state index contributed by atoms with van der Waals surface area (Å²) in [4.78, 5) is 44.4. The summed E-state index contributed by atoms with van der Waals surface area (Å²) in [6.45, 7) is 4.19. The van der Waals surface area contributed by atoms with E-state index >= 15 is 0 Å². The van der Waals surface area contributed by atoms with E-state index in [4.69, 9.17) is 0 Å². The molecule has 202 valence electrons. The lowest BCUT2D eigenvalue weighted by Crippen LogP contribution is -2.49.